The van der Waals surface area contributed by atoms with E-state index in [2.05, 4.69) is 124 Å². The average molecular weight is 559 g/mol. The number of fused-ring (bicyclic) bond motifs is 1. The monoisotopic (exact) mass is 558 g/mol. The van der Waals surface area contributed by atoms with Crippen molar-refractivity contribution < 1.29 is 9.16 Å². The molecule has 4 aromatic carbocycles. The largest absolute Gasteiger partial charge is 0.534 e. The highest BCUT2D eigenvalue weighted by molar-refractivity contribution is 7.00. The van der Waals surface area contributed by atoms with Gasteiger partial charge in [0.2, 0.25) is 0 Å². The van der Waals surface area contributed by atoms with E-state index >= 15 is 0 Å². The van der Waals surface area contributed by atoms with E-state index in [4.69, 9.17) is 9.16 Å². The first kappa shape index (κ1) is 26.6. The molecule has 4 aliphatic carbocycles. The van der Waals surface area contributed by atoms with Crippen LogP contribution in [0.4, 0.5) is 0 Å². The van der Waals surface area contributed by atoms with Gasteiger partial charge >= 0.3 is 8.32 Å². The third-order valence-corrected chi connectivity index (χ3v) is 15.1. The molecule has 4 aromatic rings. The molecule has 4 fully saturated rings. The Morgan fingerprint density at radius 2 is 1.24 bits per heavy atom. The quantitative estimate of drug-likeness (QED) is 0.167. The van der Waals surface area contributed by atoms with Crippen LogP contribution in [0.1, 0.15) is 58.4 Å². The first-order valence-electron chi connectivity index (χ1n) is 15.5. The van der Waals surface area contributed by atoms with E-state index in [0.717, 1.165) is 29.4 Å². The minimum atomic E-state index is -2.66. The Morgan fingerprint density at radius 3 is 1.83 bits per heavy atom. The Kier molecular flexibility index (Phi) is 6.82. The third-order valence-electron chi connectivity index (χ3n) is 10.1. The zero-order valence-electron chi connectivity index (χ0n) is 24.7. The predicted molar refractivity (Wildman–Crippen MR) is 172 cm³/mol. The minimum absolute atomic E-state index is 0.0718. The number of hydrogen-bond acceptors (Lipinski definition) is 2. The van der Waals surface area contributed by atoms with Crippen LogP contribution in [0.3, 0.4) is 0 Å². The Morgan fingerprint density at radius 1 is 0.683 bits per heavy atom. The van der Waals surface area contributed by atoms with Crippen LogP contribution in [0, 0.1) is 23.7 Å². The normalized spacial score (nSPS) is 23.5. The number of allylic oxidation sites excluding steroid dienone is 1. The molecule has 4 aliphatic rings. The average Bonchev–Trinajstić information content (AvgIpc) is 2.97. The number of benzene rings is 4. The lowest BCUT2D eigenvalue weighted by atomic mass is 9.54. The van der Waals surface area contributed by atoms with E-state index in [1.54, 1.807) is 5.57 Å². The number of rotatable bonds is 7. The van der Waals surface area contributed by atoms with Gasteiger partial charge in [-0.15, -0.1) is 0 Å². The van der Waals surface area contributed by atoms with Gasteiger partial charge in [-0.05, 0) is 111 Å². The molecular weight excluding hydrogens is 517 g/mol. The molecule has 0 radical (unpaired) electrons. The summed E-state index contributed by atoms with van der Waals surface area (Å²) in [6.45, 7) is 7.60. The maximum absolute atomic E-state index is 7.26. The summed E-state index contributed by atoms with van der Waals surface area (Å²) in [4.78, 5) is 0. The van der Waals surface area contributed by atoms with Gasteiger partial charge < -0.3 is 9.16 Å². The summed E-state index contributed by atoms with van der Waals surface area (Å²) in [5, 5.41) is 4.93. The van der Waals surface area contributed by atoms with Crippen molar-refractivity contribution >= 4 is 29.5 Å². The van der Waals surface area contributed by atoms with Crippen LogP contribution < -0.4 is 14.8 Å². The fourth-order valence-corrected chi connectivity index (χ4v) is 12.8. The van der Waals surface area contributed by atoms with Gasteiger partial charge in [-0.1, -0.05) is 99.6 Å². The van der Waals surface area contributed by atoms with Crippen LogP contribution in [0.15, 0.2) is 109 Å². The topological polar surface area (TPSA) is 18.5 Å². The highest BCUT2D eigenvalue weighted by Crippen LogP contribution is 2.56. The van der Waals surface area contributed by atoms with Crippen molar-refractivity contribution in [3.8, 4) is 5.75 Å². The Bertz CT molecular complexity index is 1480. The Balaban J connectivity index is 1.14. The van der Waals surface area contributed by atoms with Gasteiger partial charge in [-0.2, -0.15) is 0 Å². The van der Waals surface area contributed by atoms with Crippen molar-refractivity contribution in [2.45, 2.75) is 64.5 Å². The Hall–Kier alpha value is -3.30. The molecule has 0 saturated heterocycles. The van der Waals surface area contributed by atoms with Crippen molar-refractivity contribution in [1.82, 2.24) is 0 Å². The molecule has 0 unspecified atom stereocenters. The second-order valence-electron chi connectivity index (χ2n) is 13.8. The molecule has 0 aromatic heterocycles. The molecule has 0 amide bonds. The molecule has 3 heteroatoms. The molecular formula is C38H42O2Si. The van der Waals surface area contributed by atoms with Crippen LogP contribution in [0.5, 0.6) is 5.75 Å². The number of ether oxygens (including phenoxy) is 1. The first-order valence-corrected chi connectivity index (χ1v) is 17.4. The summed E-state index contributed by atoms with van der Waals surface area (Å²) < 4.78 is 13.5. The van der Waals surface area contributed by atoms with Crippen LogP contribution in [0.2, 0.25) is 5.04 Å². The van der Waals surface area contributed by atoms with E-state index in [1.807, 2.05) is 0 Å². The molecule has 41 heavy (non-hydrogen) atoms. The highest BCUT2D eigenvalue weighted by atomic mass is 28.4. The summed E-state index contributed by atoms with van der Waals surface area (Å²) in [5.41, 5.74) is 2.84. The highest BCUT2D eigenvalue weighted by Gasteiger charge is 2.52. The standard InChI is InChI=1S/C38H42O2Si/c1-38(2,3)41(35-10-6-4-7-11-35,36-12-8-5-9-13-36)40-34-17-16-30-19-27(14-15-31(30)24-34)25-39-26-37-32-20-28-18-29(22-32)23-33(37)21-28/h4-17,19,24,26,28-29,32-33H,18,20-23,25H2,1-3H3. The van der Waals surface area contributed by atoms with E-state index in [1.165, 1.54) is 58.8 Å². The SMILES string of the molecule is CC(C)(C)[Si](Oc1ccc2cc(COC=C3C4CC5CC(C4)CC3C5)ccc2c1)(c1ccccc1)c1ccccc1. The summed E-state index contributed by atoms with van der Waals surface area (Å²) in [6, 6.07) is 35.0. The van der Waals surface area contributed by atoms with Gasteiger partial charge in [0, 0.05) is 0 Å². The van der Waals surface area contributed by atoms with Crippen molar-refractivity contribution in [3.63, 3.8) is 0 Å². The second kappa shape index (κ2) is 10.5. The van der Waals surface area contributed by atoms with Crippen LogP contribution >= 0.6 is 0 Å². The molecule has 0 atom stereocenters. The lowest BCUT2D eigenvalue weighted by Gasteiger charge is -2.51. The summed E-state index contributed by atoms with van der Waals surface area (Å²) in [7, 11) is -2.66. The van der Waals surface area contributed by atoms with Gasteiger partial charge in [0.1, 0.15) is 12.4 Å². The van der Waals surface area contributed by atoms with Gasteiger partial charge in [-0.3, -0.25) is 0 Å². The van der Waals surface area contributed by atoms with Crippen molar-refractivity contribution in [3.05, 3.63) is 114 Å². The van der Waals surface area contributed by atoms with Gasteiger partial charge in [0.15, 0.2) is 0 Å². The number of hydrogen-bond donors (Lipinski definition) is 0. The summed E-state index contributed by atoms with van der Waals surface area (Å²) in [6.07, 6.45) is 9.24. The van der Waals surface area contributed by atoms with Crippen molar-refractivity contribution in [2.75, 3.05) is 0 Å². The second-order valence-corrected chi connectivity index (χ2v) is 18.1. The van der Waals surface area contributed by atoms with Crippen LogP contribution in [0.25, 0.3) is 10.8 Å². The molecule has 8 rings (SSSR count). The maximum Gasteiger partial charge on any atom is 0.319 e. The van der Waals surface area contributed by atoms with Gasteiger partial charge in [0.05, 0.1) is 6.26 Å². The fourth-order valence-electron chi connectivity index (χ4n) is 8.41. The predicted octanol–water partition coefficient (Wildman–Crippen LogP) is 8.64. The molecule has 0 heterocycles. The molecule has 4 saturated carbocycles. The zero-order chi connectivity index (χ0) is 28.0. The molecule has 2 nitrogen and oxygen atoms in total. The van der Waals surface area contributed by atoms with E-state index in [-0.39, 0.29) is 5.04 Å². The Labute approximate surface area is 246 Å². The summed E-state index contributed by atoms with van der Waals surface area (Å²) >= 11 is 0. The third kappa shape index (κ3) is 4.93. The van der Waals surface area contributed by atoms with Crippen LogP contribution in [-0.2, 0) is 11.3 Å². The fraction of sp³-hybridized carbons (Fsp3) is 0.368. The molecule has 0 aliphatic heterocycles. The van der Waals surface area contributed by atoms with E-state index < -0.39 is 8.32 Å². The summed E-state index contributed by atoms with van der Waals surface area (Å²) in [5.74, 6) is 4.48. The molecule has 4 bridgehead atoms. The van der Waals surface area contributed by atoms with Crippen molar-refractivity contribution in [2.24, 2.45) is 23.7 Å². The van der Waals surface area contributed by atoms with Gasteiger partial charge in [-0.25, -0.2) is 0 Å². The molecule has 0 N–H and O–H groups in total. The lowest BCUT2D eigenvalue weighted by Crippen LogP contribution is -2.68. The zero-order valence-corrected chi connectivity index (χ0v) is 25.7. The van der Waals surface area contributed by atoms with E-state index in [9.17, 15) is 0 Å². The molecule has 210 valence electrons. The van der Waals surface area contributed by atoms with Crippen LogP contribution in [-0.4, -0.2) is 8.32 Å². The minimum Gasteiger partial charge on any atom is -0.534 e. The van der Waals surface area contributed by atoms with E-state index in [0.29, 0.717) is 6.61 Å². The molecule has 0 spiro atoms. The smallest absolute Gasteiger partial charge is 0.319 e. The maximum atomic E-state index is 7.26. The van der Waals surface area contributed by atoms with Gasteiger partial charge in [0.25, 0.3) is 0 Å². The first-order chi connectivity index (χ1) is 19.9. The lowest BCUT2D eigenvalue weighted by molar-refractivity contribution is 0.0632. The van der Waals surface area contributed by atoms with Crippen molar-refractivity contribution in [1.29, 1.82) is 0 Å².